The van der Waals surface area contributed by atoms with Gasteiger partial charge in [0.2, 0.25) is 10.0 Å². The van der Waals surface area contributed by atoms with Crippen LogP contribution in [0, 0.1) is 5.92 Å². The Bertz CT molecular complexity index is 1200. The Morgan fingerprint density at radius 1 is 0.974 bits per heavy atom. The molecule has 4 rings (SSSR count). The molecule has 1 unspecified atom stereocenters. The molecule has 1 N–H and O–H groups in total. The molecular formula is C27H35N3O7S. The fraction of sp³-hybridized carbons (Fsp3) is 0.481. The van der Waals surface area contributed by atoms with Crippen molar-refractivity contribution in [2.24, 2.45) is 5.92 Å². The van der Waals surface area contributed by atoms with Gasteiger partial charge in [0.1, 0.15) is 11.8 Å². The standard InChI is InChI=1S/C27H35N3O7S/c1-3-30(38(34,35)24-10-6-21(7-11-24)20-4-8-23(36-2)9-5-20)25(26(31)32)22-12-14-28(15-13-22)27(33)29-16-18-37-19-17-29/h4-11,22,25H,3,12-19H2,1-2H3,(H,31,32). The van der Waals surface area contributed by atoms with Crippen molar-refractivity contribution in [3.8, 4) is 16.9 Å². The second-order valence-electron chi connectivity index (χ2n) is 9.45. The Hall–Kier alpha value is -3.15. The summed E-state index contributed by atoms with van der Waals surface area (Å²) < 4.78 is 38.8. The number of piperidine rings is 1. The van der Waals surface area contributed by atoms with E-state index in [4.69, 9.17) is 9.47 Å². The van der Waals surface area contributed by atoms with Crippen LogP contribution in [0.1, 0.15) is 19.8 Å². The number of likely N-dealkylation sites (tertiary alicyclic amines) is 1. The molecule has 0 radical (unpaired) electrons. The van der Waals surface area contributed by atoms with Gasteiger partial charge in [-0.1, -0.05) is 31.2 Å². The molecule has 0 aliphatic carbocycles. The van der Waals surface area contributed by atoms with Gasteiger partial charge in [-0.3, -0.25) is 4.79 Å². The SMILES string of the molecule is CCN(C(C(=O)O)C1CCN(C(=O)N2CCOCC2)CC1)S(=O)(=O)c1ccc(-c2ccc(OC)cc2)cc1. The van der Waals surface area contributed by atoms with E-state index in [0.29, 0.717) is 52.2 Å². The number of carbonyl (C=O) groups is 2. The summed E-state index contributed by atoms with van der Waals surface area (Å²) in [7, 11) is -2.48. The number of hydrogen-bond acceptors (Lipinski definition) is 6. The molecular weight excluding hydrogens is 510 g/mol. The van der Waals surface area contributed by atoms with Crippen molar-refractivity contribution < 1.29 is 32.6 Å². The van der Waals surface area contributed by atoms with Crippen molar-refractivity contribution in [1.82, 2.24) is 14.1 Å². The molecule has 0 saturated carbocycles. The smallest absolute Gasteiger partial charge is 0.322 e. The maximum atomic E-state index is 13.6. The van der Waals surface area contributed by atoms with Gasteiger partial charge in [0.05, 0.1) is 25.2 Å². The Morgan fingerprint density at radius 3 is 2.00 bits per heavy atom. The van der Waals surface area contributed by atoms with Gasteiger partial charge in [-0.05, 0) is 54.2 Å². The minimum atomic E-state index is -4.07. The van der Waals surface area contributed by atoms with E-state index < -0.39 is 28.0 Å². The van der Waals surface area contributed by atoms with Gasteiger partial charge in [0.25, 0.3) is 0 Å². The molecule has 2 aromatic carbocycles. The first-order chi connectivity index (χ1) is 18.3. The molecule has 2 heterocycles. The Balaban J connectivity index is 1.48. The average molecular weight is 546 g/mol. The molecule has 2 aliphatic rings. The molecule has 2 aromatic rings. The number of morpholine rings is 1. The van der Waals surface area contributed by atoms with Crippen LogP contribution < -0.4 is 4.74 Å². The molecule has 38 heavy (non-hydrogen) atoms. The summed E-state index contributed by atoms with van der Waals surface area (Å²) in [6.45, 7) is 4.53. The Morgan fingerprint density at radius 2 is 1.50 bits per heavy atom. The summed E-state index contributed by atoms with van der Waals surface area (Å²) in [5.74, 6) is -0.861. The number of carbonyl (C=O) groups excluding carboxylic acids is 1. The first-order valence-corrected chi connectivity index (χ1v) is 14.3. The molecule has 2 saturated heterocycles. The second kappa shape index (κ2) is 12.1. The lowest BCUT2D eigenvalue weighted by Crippen LogP contribution is -2.54. The lowest BCUT2D eigenvalue weighted by atomic mass is 9.89. The highest BCUT2D eigenvalue weighted by Gasteiger charge is 2.42. The first-order valence-electron chi connectivity index (χ1n) is 12.9. The Labute approximate surface area is 223 Å². The van der Waals surface area contributed by atoms with E-state index in [9.17, 15) is 23.1 Å². The predicted octanol–water partition coefficient (Wildman–Crippen LogP) is 2.99. The molecule has 1 atom stereocenters. The van der Waals surface area contributed by atoms with Gasteiger partial charge in [-0.25, -0.2) is 13.2 Å². The van der Waals surface area contributed by atoms with E-state index in [2.05, 4.69) is 0 Å². The lowest BCUT2D eigenvalue weighted by molar-refractivity contribution is -0.144. The van der Waals surface area contributed by atoms with Crippen molar-refractivity contribution in [1.29, 1.82) is 0 Å². The number of carboxylic acid groups (broad SMARTS) is 1. The highest BCUT2D eigenvalue weighted by molar-refractivity contribution is 7.89. The summed E-state index contributed by atoms with van der Waals surface area (Å²) in [6, 6.07) is 12.6. The fourth-order valence-corrected chi connectivity index (χ4v) is 6.83. The third-order valence-corrected chi connectivity index (χ3v) is 9.27. The van der Waals surface area contributed by atoms with Crippen LogP contribution in [0.4, 0.5) is 4.79 Å². The monoisotopic (exact) mass is 545 g/mol. The normalized spacial score (nSPS) is 17.9. The highest BCUT2D eigenvalue weighted by atomic mass is 32.2. The van der Waals surface area contributed by atoms with Gasteiger partial charge >= 0.3 is 12.0 Å². The van der Waals surface area contributed by atoms with Crippen LogP contribution in [-0.2, 0) is 19.6 Å². The van der Waals surface area contributed by atoms with Crippen LogP contribution in [0.5, 0.6) is 5.75 Å². The minimum absolute atomic E-state index is 0.0203. The van der Waals surface area contributed by atoms with Crippen molar-refractivity contribution in [3.63, 3.8) is 0 Å². The number of sulfonamides is 1. The third kappa shape index (κ3) is 5.95. The molecule has 11 heteroatoms. The van der Waals surface area contributed by atoms with Crippen LogP contribution in [0.2, 0.25) is 0 Å². The van der Waals surface area contributed by atoms with Gasteiger partial charge in [-0.2, -0.15) is 4.31 Å². The maximum Gasteiger partial charge on any atom is 0.322 e. The van der Waals surface area contributed by atoms with Crippen molar-refractivity contribution in [3.05, 3.63) is 48.5 Å². The summed E-state index contributed by atoms with van der Waals surface area (Å²) in [6.07, 6.45) is 0.824. The van der Waals surface area contributed by atoms with Crippen molar-refractivity contribution >= 4 is 22.0 Å². The quantitative estimate of drug-likeness (QED) is 0.542. The molecule has 10 nitrogen and oxygen atoms in total. The van der Waals surface area contributed by atoms with E-state index in [1.54, 1.807) is 36.0 Å². The number of hydrogen-bond donors (Lipinski definition) is 1. The maximum absolute atomic E-state index is 13.6. The zero-order valence-corrected chi connectivity index (χ0v) is 22.6. The Kier molecular flexibility index (Phi) is 8.91. The summed E-state index contributed by atoms with van der Waals surface area (Å²) in [4.78, 5) is 28.8. The van der Waals surface area contributed by atoms with Gasteiger partial charge in [-0.15, -0.1) is 0 Å². The number of nitrogens with zero attached hydrogens (tertiary/aromatic N) is 3. The number of likely N-dealkylation sites (N-methyl/N-ethyl adjacent to an activating group) is 1. The van der Waals surface area contributed by atoms with Crippen LogP contribution in [0.3, 0.4) is 0 Å². The topological polar surface area (TPSA) is 117 Å². The molecule has 2 aliphatic heterocycles. The zero-order chi connectivity index (χ0) is 27.3. The van der Waals surface area contributed by atoms with Crippen LogP contribution >= 0.6 is 0 Å². The first kappa shape index (κ1) is 27.9. The molecule has 206 valence electrons. The van der Waals surface area contributed by atoms with Crippen LogP contribution in [0.15, 0.2) is 53.4 Å². The van der Waals surface area contributed by atoms with Crippen LogP contribution in [-0.4, -0.2) is 98.7 Å². The van der Waals surface area contributed by atoms with E-state index in [1.165, 1.54) is 12.1 Å². The molecule has 2 amide bonds. The highest BCUT2D eigenvalue weighted by Crippen LogP contribution is 2.30. The number of amides is 2. The van der Waals surface area contributed by atoms with E-state index in [-0.39, 0.29) is 17.5 Å². The van der Waals surface area contributed by atoms with Crippen molar-refractivity contribution in [2.75, 3.05) is 53.0 Å². The summed E-state index contributed by atoms with van der Waals surface area (Å²) >= 11 is 0. The second-order valence-corrected chi connectivity index (χ2v) is 11.3. The lowest BCUT2D eigenvalue weighted by Gasteiger charge is -2.40. The summed E-state index contributed by atoms with van der Waals surface area (Å²) in [5, 5.41) is 10.1. The van der Waals surface area contributed by atoms with E-state index in [0.717, 1.165) is 21.2 Å². The van der Waals surface area contributed by atoms with E-state index in [1.807, 2.05) is 24.3 Å². The molecule has 0 spiro atoms. The van der Waals surface area contributed by atoms with Crippen molar-refractivity contribution in [2.45, 2.75) is 30.7 Å². The number of rotatable bonds is 8. The third-order valence-electron chi connectivity index (χ3n) is 7.30. The number of aliphatic carboxylic acids is 1. The van der Waals surface area contributed by atoms with Gasteiger partial charge < -0.3 is 24.4 Å². The molecule has 0 aromatic heterocycles. The number of ether oxygens (including phenoxy) is 2. The number of urea groups is 1. The van der Waals surface area contributed by atoms with Gasteiger partial charge in [0.15, 0.2) is 0 Å². The van der Waals surface area contributed by atoms with Gasteiger partial charge in [0, 0.05) is 32.7 Å². The largest absolute Gasteiger partial charge is 0.497 e. The average Bonchev–Trinajstić information content (AvgIpc) is 2.96. The fourth-order valence-electron chi connectivity index (χ4n) is 5.18. The summed E-state index contributed by atoms with van der Waals surface area (Å²) in [5.41, 5.74) is 1.74. The molecule has 2 fully saturated rings. The number of methoxy groups -OCH3 is 1. The number of carboxylic acids is 1. The number of benzene rings is 2. The zero-order valence-electron chi connectivity index (χ0n) is 21.8. The predicted molar refractivity (Wildman–Crippen MR) is 142 cm³/mol. The molecule has 0 bridgehead atoms. The van der Waals surface area contributed by atoms with Crippen LogP contribution in [0.25, 0.3) is 11.1 Å². The minimum Gasteiger partial charge on any atom is -0.497 e. The van der Waals surface area contributed by atoms with E-state index >= 15 is 0 Å².